The van der Waals surface area contributed by atoms with Crippen molar-refractivity contribution in [3.8, 4) is 0 Å². The Balaban J connectivity index is -0.000000605. The van der Waals surface area contributed by atoms with Crippen LogP contribution in [0.4, 0.5) is 0 Å². The minimum Gasteiger partial charge on any atom is -1.00 e. The number of carbonyl (C=O) groups is 1. The summed E-state index contributed by atoms with van der Waals surface area (Å²) in [4.78, 5) is 10.4. The summed E-state index contributed by atoms with van der Waals surface area (Å²) in [6.45, 7) is 3.51. The third kappa shape index (κ3) is 12.2. The molecule has 0 saturated carbocycles. The van der Waals surface area contributed by atoms with E-state index in [9.17, 15) is 4.79 Å². The normalized spacial score (nSPS) is 8.46. The van der Waals surface area contributed by atoms with E-state index in [1.807, 2.05) is 0 Å². The topological polar surface area (TPSA) is 76.0 Å². The molecule has 0 unspecified atom stereocenters. The number of carbonyl (C=O) groups excluding carboxylic acids is 1. The van der Waals surface area contributed by atoms with Crippen LogP contribution in [0.1, 0.15) is 7.85 Å². The Labute approximate surface area is 101 Å². The molecule has 0 bridgehead atoms. The fourth-order valence-corrected chi connectivity index (χ4v) is 0.479. The standard InChI is InChI=1S/C6H11BO5.Na.H/c1-2-6(8)11-4-3-5-12-7(9)10;;/h2,9-10H,1,3-5H2;;/q;+1;-1. The number of esters is 1. The van der Waals surface area contributed by atoms with Crippen LogP contribution in [-0.4, -0.2) is 36.6 Å². The van der Waals surface area contributed by atoms with Gasteiger partial charge in [-0.05, 0) is 0 Å². The van der Waals surface area contributed by atoms with Crippen LogP contribution in [0.25, 0.3) is 0 Å². The fraction of sp³-hybridized carbons (Fsp3) is 0.500. The summed E-state index contributed by atoms with van der Waals surface area (Å²) in [6.07, 6.45) is 1.47. The molecular formula is C6H12BNaO5. The van der Waals surface area contributed by atoms with Crippen LogP contribution in [0.5, 0.6) is 0 Å². The molecule has 0 saturated heterocycles. The van der Waals surface area contributed by atoms with E-state index < -0.39 is 13.3 Å². The van der Waals surface area contributed by atoms with Crippen LogP contribution >= 0.6 is 0 Å². The summed E-state index contributed by atoms with van der Waals surface area (Å²) in [5, 5.41) is 16.4. The van der Waals surface area contributed by atoms with Gasteiger partial charge in [0.25, 0.3) is 0 Å². The smallest absolute Gasteiger partial charge is 1.00 e. The van der Waals surface area contributed by atoms with Gasteiger partial charge in [0.05, 0.1) is 6.61 Å². The maximum atomic E-state index is 10.4. The molecular weight excluding hydrogens is 186 g/mol. The van der Waals surface area contributed by atoms with Gasteiger partial charge in [0.2, 0.25) is 0 Å². The minimum atomic E-state index is -1.76. The zero-order valence-corrected chi connectivity index (χ0v) is 9.60. The number of rotatable bonds is 6. The van der Waals surface area contributed by atoms with E-state index in [1.165, 1.54) is 0 Å². The van der Waals surface area contributed by atoms with E-state index in [1.54, 1.807) is 0 Å². The minimum absolute atomic E-state index is 0. The van der Waals surface area contributed by atoms with Crippen molar-refractivity contribution in [3.05, 3.63) is 12.7 Å². The van der Waals surface area contributed by atoms with E-state index in [2.05, 4.69) is 16.0 Å². The molecule has 0 aromatic carbocycles. The van der Waals surface area contributed by atoms with Gasteiger partial charge in [-0.2, -0.15) is 0 Å². The van der Waals surface area contributed by atoms with Gasteiger partial charge < -0.3 is 20.9 Å². The van der Waals surface area contributed by atoms with Gasteiger partial charge >= 0.3 is 42.8 Å². The molecule has 0 aliphatic heterocycles. The van der Waals surface area contributed by atoms with E-state index in [4.69, 9.17) is 10.0 Å². The van der Waals surface area contributed by atoms with Crippen LogP contribution in [0.15, 0.2) is 12.7 Å². The van der Waals surface area contributed by atoms with Crippen LogP contribution in [0.2, 0.25) is 0 Å². The van der Waals surface area contributed by atoms with Crippen molar-refractivity contribution in [1.82, 2.24) is 0 Å². The van der Waals surface area contributed by atoms with Crippen LogP contribution in [-0.2, 0) is 14.2 Å². The molecule has 0 aliphatic rings. The van der Waals surface area contributed by atoms with E-state index in [0.717, 1.165) is 6.08 Å². The summed E-state index contributed by atoms with van der Waals surface area (Å²) in [5.41, 5.74) is 0. The largest absolute Gasteiger partial charge is 1.00 e. The average molecular weight is 198 g/mol. The maximum absolute atomic E-state index is 10.4. The van der Waals surface area contributed by atoms with E-state index in [0.29, 0.717) is 6.42 Å². The zero-order chi connectivity index (χ0) is 9.40. The van der Waals surface area contributed by atoms with Crippen molar-refractivity contribution in [2.24, 2.45) is 0 Å². The molecule has 0 aliphatic carbocycles. The SMILES string of the molecule is C=CC(=O)OCCCOB(O)O.[H-].[Na+]. The van der Waals surface area contributed by atoms with Gasteiger partial charge in [0, 0.05) is 19.1 Å². The Kier molecular flexibility index (Phi) is 12.3. The summed E-state index contributed by atoms with van der Waals surface area (Å²) >= 11 is 0. The molecule has 0 amide bonds. The fourth-order valence-electron chi connectivity index (χ4n) is 0.479. The molecule has 0 spiro atoms. The molecule has 0 rings (SSSR count). The Morgan fingerprint density at radius 3 is 2.62 bits per heavy atom. The van der Waals surface area contributed by atoms with Crippen LogP contribution in [0.3, 0.4) is 0 Å². The van der Waals surface area contributed by atoms with E-state index in [-0.39, 0.29) is 44.2 Å². The van der Waals surface area contributed by atoms with Crippen molar-refractivity contribution >= 4 is 13.3 Å². The molecule has 0 fully saturated rings. The first-order valence-electron chi connectivity index (χ1n) is 3.43. The van der Waals surface area contributed by atoms with Gasteiger partial charge in [-0.1, -0.05) is 6.58 Å². The Bertz CT molecular complexity index is 157. The second kappa shape index (κ2) is 10.2. The van der Waals surface area contributed by atoms with Crippen molar-refractivity contribution in [2.75, 3.05) is 13.2 Å². The Morgan fingerprint density at radius 2 is 2.15 bits per heavy atom. The molecule has 70 valence electrons. The van der Waals surface area contributed by atoms with Crippen LogP contribution < -0.4 is 29.6 Å². The van der Waals surface area contributed by atoms with Gasteiger partial charge in [-0.25, -0.2) is 4.79 Å². The van der Waals surface area contributed by atoms with E-state index >= 15 is 0 Å². The molecule has 0 atom stereocenters. The quantitative estimate of drug-likeness (QED) is 0.198. The molecule has 7 heteroatoms. The second-order valence-electron chi connectivity index (χ2n) is 1.92. The molecule has 0 heterocycles. The van der Waals surface area contributed by atoms with Crippen molar-refractivity contribution < 1.29 is 55.2 Å². The van der Waals surface area contributed by atoms with Gasteiger partial charge in [0.1, 0.15) is 0 Å². The summed E-state index contributed by atoms with van der Waals surface area (Å²) < 4.78 is 8.92. The predicted molar refractivity (Wildman–Crippen MR) is 43.0 cm³/mol. The predicted octanol–water partition coefficient (Wildman–Crippen LogP) is -3.79. The Hall–Kier alpha value is 0.155. The van der Waals surface area contributed by atoms with Crippen LogP contribution in [0, 0.1) is 0 Å². The third-order valence-electron chi connectivity index (χ3n) is 0.967. The average Bonchev–Trinajstić information content (AvgIpc) is 2.03. The van der Waals surface area contributed by atoms with Crippen molar-refractivity contribution in [2.45, 2.75) is 6.42 Å². The summed E-state index contributed by atoms with van der Waals surface area (Å²) in [7, 11) is -1.76. The van der Waals surface area contributed by atoms with Crippen molar-refractivity contribution in [3.63, 3.8) is 0 Å². The molecule has 5 nitrogen and oxygen atoms in total. The van der Waals surface area contributed by atoms with Gasteiger partial charge in [-0.3, -0.25) is 0 Å². The monoisotopic (exact) mass is 198 g/mol. The summed E-state index contributed by atoms with van der Waals surface area (Å²) in [6, 6.07) is 0. The van der Waals surface area contributed by atoms with Gasteiger partial charge in [-0.15, -0.1) is 0 Å². The first-order valence-corrected chi connectivity index (χ1v) is 3.43. The number of hydrogen-bond acceptors (Lipinski definition) is 5. The molecule has 0 radical (unpaired) electrons. The first kappa shape index (κ1) is 15.6. The maximum Gasteiger partial charge on any atom is 1.00 e. The Morgan fingerprint density at radius 1 is 1.54 bits per heavy atom. The van der Waals surface area contributed by atoms with Crippen molar-refractivity contribution in [1.29, 1.82) is 0 Å². The second-order valence-corrected chi connectivity index (χ2v) is 1.92. The summed E-state index contributed by atoms with van der Waals surface area (Å²) in [5.74, 6) is -0.500. The molecule has 2 N–H and O–H groups in total. The molecule has 0 aromatic rings. The molecule has 13 heavy (non-hydrogen) atoms. The third-order valence-corrected chi connectivity index (χ3v) is 0.967. The first-order chi connectivity index (χ1) is 5.66. The zero-order valence-electron chi connectivity index (χ0n) is 8.60. The van der Waals surface area contributed by atoms with Gasteiger partial charge in [0.15, 0.2) is 0 Å². The number of ether oxygens (including phenoxy) is 1. The molecule has 0 aromatic heterocycles. The number of hydrogen-bond donors (Lipinski definition) is 2.